The molecule has 0 saturated carbocycles. The SMILES string of the molecule is O=c1c2ccncc2ncc2ncccc12.O=c1c2cnccc2cnc2ncccc12. The summed E-state index contributed by atoms with van der Waals surface area (Å²) in [6.45, 7) is 0. The van der Waals surface area contributed by atoms with Crippen LogP contribution in [-0.2, 0) is 0 Å². The van der Waals surface area contributed by atoms with Crippen molar-refractivity contribution in [1.29, 1.82) is 0 Å². The van der Waals surface area contributed by atoms with Gasteiger partial charge in [0.25, 0.3) is 0 Å². The zero-order chi connectivity index (χ0) is 21.9. The van der Waals surface area contributed by atoms with Gasteiger partial charge in [-0.15, -0.1) is 0 Å². The van der Waals surface area contributed by atoms with Crippen LogP contribution in [0.5, 0.6) is 0 Å². The van der Waals surface area contributed by atoms with E-state index in [0.29, 0.717) is 38.2 Å². The minimum absolute atomic E-state index is 0.0574. The number of hydrogen-bond donors (Lipinski definition) is 0. The topological polar surface area (TPSA) is 111 Å². The van der Waals surface area contributed by atoms with Crippen LogP contribution in [0.15, 0.2) is 95.6 Å². The molecule has 0 radical (unpaired) electrons. The van der Waals surface area contributed by atoms with E-state index in [1.54, 1.807) is 86.0 Å². The second-order valence-corrected chi connectivity index (χ2v) is 6.84. The third kappa shape index (κ3) is 3.50. The summed E-state index contributed by atoms with van der Waals surface area (Å²) in [6, 6.07) is 10.4. The lowest BCUT2D eigenvalue weighted by Crippen LogP contribution is -1.99. The number of rotatable bonds is 0. The number of nitrogens with zero attached hydrogens (tertiary/aromatic N) is 6. The Hall–Kier alpha value is -4.72. The smallest absolute Gasteiger partial charge is 0.199 e. The Balaban J connectivity index is 0.000000135. The summed E-state index contributed by atoms with van der Waals surface area (Å²) >= 11 is 0. The minimum Gasteiger partial charge on any atom is -0.288 e. The van der Waals surface area contributed by atoms with Gasteiger partial charge in [0, 0.05) is 53.3 Å². The molecule has 8 nitrogen and oxygen atoms in total. The molecule has 0 aliphatic heterocycles. The van der Waals surface area contributed by atoms with Gasteiger partial charge in [0.1, 0.15) is 0 Å². The zero-order valence-electron chi connectivity index (χ0n) is 16.6. The molecule has 0 atom stereocenters. The Kier molecular flexibility index (Phi) is 4.93. The van der Waals surface area contributed by atoms with Crippen LogP contribution in [0, 0.1) is 0 Å². The molecule has 8 heteroatoms. The molecule has 6 aromatic rings. The molecule has 0 bridgehead atoms. The van der Waals surface area contributed by atoms with Crippen molar-refractivity contribution in [3.05, 3.63) is 106 Å². The summed E-state index contributed by atoms with van der Waals surface area (Å²) in [5.41, 5.74) is 1.51. The van der Waals surface area contributed by atoms with E-state index in [1.807, 2.05) is 0 Å². The number of aromatic nitrogens is 6. The molecule has 6 heterocycles. The molecule has 0 unspecified atom stereocenters. The highest BCUT2D eigenvalue weighted by atomic mass is 16.1. The van der Waals surface area contributed by atoms with Crippen LogP contribution in [0.25, 0.3) is 43.6 Å². The number of pyridine rings is 4. The van der Waals surface area contributed by atoms with Crippen molar-refractivity contribution in [3.8, 4) is 0 Å². The van der Waals surface area contributed by atoms with Crippen LogP contribution in [0.2, 0.25) is 0 Å². The standard InChI is InChI=1S/2C12H7N3O/c16-11-9-2-1-4-14-12(9)15-6-8-3-5-13-7-10(8)11;16-12-8-2-1-4-14-11(8)7-15-10-6-13-5-3-9(10)12/h2*1-7H. The lowest BCUT2D eigenvalue weighted by atomic mass is 10.2. The van der Waals surface area contributed by atoms with E-state index in [2.05, 4.69) is 29.9 Å². The maximum atomic E-state index is 12.2. The van der Waals surface area contributed by atoms with Gasteiger partial charge in [-0.1, -0.05) is 0 Å². The van der Waals surface area contributed by atoms with Crippen LogP contribution in [0.4, 0.5) is 0 Å². The largest absolute Gasteiger partial charge is 0.288 e. The molecule has 0 aliphatic carbocycles. The van der Waals surface area contributed by atoms with E-state index in [-0.39, 0.29) is 10.9 Å². The summed E-state index contributed by atoms with van der Waals surface area (Å²) < 4.78 is 0. The van der Waals surface area contributed by atoms with Crippen LogP contribution < -0.4 is 10.9 Å². The second-order valence-electron chi connectivity index (χ2n) is 6.84. The van der Waals surface area contributed by atoms with Gasteiger partial charge >= 0.3 is 0 Å². The third-order valence-electron chi connectivity index (χ3n) is 4.91. The van der Waals surface area contributed by atoms with Crippen LogP contribution in [-0.4, -0.2) is 29.9 Å². The molecule has 0 amide bonds. The Labute approximate surface area is 180 Å². The van der Waals surface area contributed by atoms with Gasteiger partial charge in [-0.05, 0) is 36.4 Å². The van der Waals surface area contributed by atoms with Crippen molar-refractivity contribution in [2.24, 2.45) is 0 Å². The Morgan fingerprint density at radius 3 is 2.09 bits per heavy atom. The van der Waals surface area contributed by atoms with E-state index in [4.69, 9.17) is 0 Å². The van der Waals surface area contributed by atoms with E-state index in [0.717, 1.165) is 5.39 Å². The van der Waals surface area contributed by atoms with Gasteiger partial charge in [0.2, 0.25) is 0 Å². The van der Waals surface area contributed by atoms with Crippen molar-refractivity contribution in [2.75, 3.05) is 0 Å². The highest BCUT2D eigenvalue weighted by molar-refractivity contribution is 5.89. The average Bonchev–Trinajstić information content (AvgIpc) is 3.09. The maximum absolute atomic E-state index is 12.2. The quantitative estimate of drug-likeness (QED) is 0.370. The van der Waals surface area contributed by atoms with Gasteiger partial charge in [-0.25, -0.2) is 9.97 Å². The van der Waals surface area contributed by atoms with Crippen LogP contribution in [0.1, 0.15) is 0 Å². The molecule has 152 valence electrons. The first-order valence-electron chi connectivity index (χ1n) is 9.68. The van der Waals surface area contributed by atoms with Gasteiger partial charge < -0.3 is 0 Å². The summed E-state index contributed by atoms with van der Waals surface area (Å²) in [6.07, 6.45) is 12.9. The second kappa shape index (κ2) is 8.19. The fourth-order valence-corrected chi connectivity index (χ4v) is 3.33. The Bertz CT molecular complexity index is 1490. The molecular weight excluding hydrogens is 404 g/mol. The van der Waals surface area contributed by atoms with Crippen LogP contribution >= 0.6 is 0 Å². The van der Waals surface area contributed by atoms with Crippen molar-refractivity contribution in [1.82, 2.24) is 29.9 Å². The van der Waals surface area contributed by atoms with Gasteiger partial charge in [-0.2, -0.15) is 0 Å². The summed E-state index contributed by atoms with van der Waals surface area (Å²) in [5.74, 6) is 0. The van der Waals surface area contributed by atoms with Crippen molar-refractivity contribution >= 4 is 43.6 Å². The van der Waals surface area contributed by atoms with Crippen molar-refractivity contribution < 1.29 is 0 Å². The first-order valence-corrected chi connectivity index (χ1v) is 9.68. The predicted molar refractivity (Wildman–Crippen MR) is 122 cm³/mol. The molecule has 0 fully saturated rings. The highest BCUT2D eigenvalue weighted by Crippen LogP contribution is 2.10. The number of fused-ring (bicyclic) bond motifs is 4. The molecular formula is C24H14N6O2. The van der Waals surface area contributed by atoms with Crippen molar-refractivity contribution in [3.63, 3.8) is 0 Å². The van der Waals surface area contributed by atoms with Gasteiger partial charge in [-0.3, -0.25) is 29.5 Å². The minimum atomic E-state index is -0.0799. The van der Waals surface area contributed by atoms with Gasteiger partial charge in [0.15, 0.2) is 16.5 Å². The molecule has 6 rings (SSSR count). The fraction of sp³-hybridized carbons (Fsp3) is 0. The first kappa shape index (κ1) is 19.3. The normalized spacial score (nSPS) is 10.8. The number of hydrogen-bond acceptors (Lipinski definition) is 8. The average molecular weight is 418 g/mol. The maximum Gasteiger partial charge on any atom is 0.199 e. The van der Waals surface area contributed by atoms with E-state index in [9.17, 15) is 9.59 Å². The molecule has 0 saturated heterocycles. The molecule has 0 N–H and O–H groups in total. The molecule has 32 heavy (non-hydrogen) atoms. The highest BCUT2D eigenvalue weighted by Gasteiger charge is 2.03. The van der Waals surface area contributed by atoms with E-state index < -0.39 is 0 Å². The fourth-order valence-electron chi connectivity index (χ4n) is 3.33. The lowest BCUT2D eigenvalue weighted by Gasteiger charge is -1.88. The molecule has 0 aromatic carbocycles. The first-order chi connectivity index (χ1) is 15.7. The molecule has 0 aliphatic rings. The monoisotopic (exact) mass is 418 g/mol. The summed E-state index contributed by atoms with van der Waals surface area (Å²) in [7, 11) is 0. The molecule has 6 aromatic heterocycles. The summed E-state index contributed by atoms with van der Waals surface area (Å²) in [4.78, 5) is 48.9. The van der Waals surface area contributed by atoms with Crippen molar-refractivity contribution in [2.45, 2.75) is 0 Å². The van der Waals surface area contributed by atoms with Crippen LogP contribution in [0.3, 0.4) is 0 Å². The third-order valence-corrected chi connectivity index (χ3v) is 4.91. The zero-order valence-corrected chi connectivity index (χ0v) is 16.6. The Morgan fingerprint density at radius 2 is 1.19 bits per heavy atom. The Morgan fingerprint density at radius 1 is 0.500 bits per heavy atom. The lowest BCUT2D eigenvalue weighted by molar-refractivity contribution is 1.31. The molecule has 0 spiro atoms. The predicted octanol–water partition coefficient (Wildman–Crippen LogP) is 3.08. The van der Waals surface area contributed by atoms with E-state index in [1.165, 1.54) is 0 Å². The van der Waals surface area contributed by atoms with Gasteiger partial charge in [0.05, 0.1) is 34.2 Å². The summed E-state index contributed by atoms with van der Waals surface area (Å²) in [5, 5.41) is 3.01. The van der Waals surface area contributed by atoms with E-state index >= 15 is 0 Å².